The molecule has 0 fully saturated rings. The molecule has 1 N–H and O–H groups in total. The van der Waals surface area contributed by atoms with Crippen LogP contribution in [-0.2, 0) is 4.79 Å². The minimum absolute atomic E-state index is 0.0365. The number of carbonyl (C=O) groups excluding carboxylic acids is 1. The Morgan fingerprint density at radius 1 is 1.78 bits per heavy atom. The average molecular weight is 259 g/mol. The van der Waals surface area contributed by atoms with Crippen LogP contribution in [0.4, 0.5) is 0 Å². The molecule has 1 atom stereocenters. The summed E-state index contributed by atoms with van der Waals surface area (Å²) in [5.41, 5.74) is 0. The van der Waals surface area contributed by atoms with Gasteiger partial charge in [0.1, 0.15) is 0 Å². The SMILES string of the molecule is CNC(=O)[C@H](Br)CCBr. The van der Waals surface area contributed by atoms with E-state index in [1.165, 1.54) is 0 Å². The number of nitrogens with one attached hydrogen (secondary N) is 1. The lowest BCUT2D eigenvalue weighted by molar-refractivity contribution is -0.119. The molecule has 0 saturated carbocycles. The van der Waals surface area contributed by atoms with Crippen LogP contribution in [0.1, 0.15) is 6.42 Å². The Morgan fingerprint density at radius 2 is 2.33 bits per heavy atom. The minimum atomic E-state index is -0.0538. The monoisotopic (exact) mass is 257 g/mol. The standard InChI is InChI=1S/C5H9Br2NO/c1-8-5(9)4(7)2-3-6/h4H,2-3H2,1H3,(H,8,9)/t4-/m1/s1. The largest absolute Gasteiger partial charge is 0.358 e. The molecule has 0 rings (SSSR count). The van der Waals surface area contributed by atoms with Crippen LogP contribution < -0.4 is 5.32 Å². The number of amides is 1. The number of halogens is 2. The second kappa shape index (κ2) is 5.23. The van der Waals surface area contributed by atoms with Crippen molar-refractivity contribution < 1.29 is 4.79 Å². The van der Waals surface area contributed by atoms with E-state index in [1.807, 2.05) is 0 Å². The number of rotatable bonds is 3. The highest BCUT2D eigenvalue weighted by atomic mass is 79.9. The van der Waals surface area contributed by atoms with Crippen LogP contribution in [0.25, 0.3) is 0 Å². The van der Waals surface area contributed by atoms with E-state index in [1.54, 1.807) is 7.05 Å². The molecule has 1 amide bonds. The smallest absolute Gasteiger partial charge is 0.233 e. The van der Waals surface area contributed by atoms with Gasteiger partial charge in [-0.1, -0.05) is 31.9 Å². The van der Waals surface area contributed by atoms with Crippen molar-refractivity contribution in [3.05, 3.63) is 0 Å². The molecule has 0 saturated heterocycles. The van der Waals surface area contributed by atoms with E-state index in [9.17, 15) is 4.79 Å². The fraction of sp³-hybridized carbons (Fsp3) is 0.800. The number of carbonyl (C=O) groups is 1. The zero-order valence-corrected chi connectivity index (χ0v) is 8.33. The predicted molar refractivity (Wildman–Crippen MR) is 45.2 cm³/mol. The molecular weight excluding hydrogens is 250 g/mol. The topological polar surface area (TPSA) is 29.1 Å². The minimum Gasteiger partial charge on any atom is -0.358 e. The van der Waals surface area contributed by atoms with Crippen LogP contribution in [0.5, 0.6) is 0 Å². The number of hydrogen-bond acceptors (Lipinski definition) is 1. The summed E-state index contributed by atoms with van der Waals surface area (Å²) in [5, 5.41) is 3.39. The maximum Gasteiger partial charge on any atom is 0.233 e. The Hall–Kier alpha value is 0.430. The van der Waals surface area contributed by atoms with Gasteiger partial charge in [-0.3, -0.25) is 4.79 Å². The van der Waals surface area contributed by atoms with E-state index in [2.05, 4.69) is 37.2 Å². The summed E-state index contributed by atoms with van der Waals surface area (Å²) in [5.74, 6) is 0.0365. The van der Waals surface area contributed by atoms with Crippen LogP contribution in [-0.4, -0.2) is 23.1 Å². The molecule has 0 unspecified atom stereocenters. The van der Waals surface area contributed by atoms with E-state index in [4.69, 9.17) is 0 Å². The molecule has 0 aliphatic rings. The average Bonchev–Trinajstić information content (AvgIpc) is 1.87. The summed E-state index contributed by atoms with van der Waals surface area (Å²) in [7, 11) is 1.63. The molecule has 0 aromatic heterocycles. The summed E-state index contributed by atoms with van der Waals surface area (Å²) in [6.07, 6.45) is 0.819. The molecule has 0 aromatic rings. The molecule has 0 spiro atoms. The lowest BCUT2D eigenvalue weighted by Gasteiger charge is -2.03. The third-order valence-electron chi connectivity index (χ3n) is 0.893. The van der Waals surface area contributed by atoms with Crippen molar-refractivity contribution in [2.24, 2.45) is 0 Å². The first-order valence-corrected chi connectivity index (χ1v) is 4.67. The Balaban J connectivity index is 3.45. The number of hydrogen-bond donors (Lipinski definition) is 1. The molecule has 4 heteroatoms. The molecule has 0 heterocycles. The number of alkyl halides is 2. The highest BCUT2D eigenvalue weighted by Gasteiger charge is 2.10. The van der Waals surface area contributed by atoms with Crippen molar-refractivity contribution in [1.29, 1.82) is 0 Å². The van der Waals surface area contributed by atoms with Gasteiger partial charge in [0.25, 0.3) is 0 Å². The first-order valence-electron chi connectivity index (χ1n) is 2.64. The van der Waals surface area contributed by atoms with Gasteiger partial charge in [0.05, 0.1) is 4.83 Å². The van der Waals surface area contributed by atoms with Crippen molar-refractivity contribution in [3.63, 3.8) is 0 Å². The third kappa shape index (κ3) is 3.92. The Labute approximate surface area is 71.6 Å². The molecule has 9 heavy (non-hydrogen) atoms. The highest BCUT2D eigenvalue weighted by Crippen LogP contribution is 2.06. The molecule has 0 aliphatic carbocycles. The van der Waals surface area contributed by atoms with E-state index < -0.39 is 0 Å². The lowest BCUT2D eigenvalue weighted by atomic mass is 10.3. The van der Waals surface area contributed by atoms with Gasteiger partial charge in [-0.25, -0.2) is 0 Å². The molecule has 0 bridgehead atoms. The van der Waals surface area contributed by atoms with Gasteiger partial charge in [-0.2, -0.15) is 0 Å². The van der Waals surface area contributed by atoms with Crippen LogP contribution in [0.15, 0.2) is 0 Å². The Kier molecular flexibility index (Phi) is 5.48. The quantitative estimate of drug-likeness (QED) is 0.760. The van der Waals surface area contributed by atoms with Gasteiger partial charge in [-0.15, -0.1) is 0 Å². The molecule has 0 radical (unpaired) electrons. The van der Waals surface area contributed by atoms with Crippen molar-refractivity contribution in [3.8, 4) is 0 Å². The fourth-order valence-corrected chi connectivity index (χ4v) is 1.91. The summed E-state index contributed by atoms with van der Waals surface area (Å²) in [6, 6.07) is 0. The van der Waals surface area contributed by atoms with Crippen molar-refractivity contribution in [2.75, 3.05) is 12.4 Å². The molecular formula is C5H9Br2NO. The molecule has 0 aromatic carbocycles. The van der Waals surface area contributed by atoms with E-state index in [0.29, 0.717) is 0 Å². The first-order chi connectivity index (χ1) is 4.22. The maximum absolute atomic E-state index is 10.7. The van der Waals surface area contributed by atoms with Gasteiger partial charge in [0, 0.05) is 12.4 Å². The highest BCUT2D eigenvalue weighted by molar-refractivity contribution is 9.10. The third-order valence-corrected chi connectivity index (χ3v) is 2.22. The summed E-state index contributed by atoms with van der Waals surface area (Å²) >= 11 is 6.46. The van der Waals surface area contributed by atoms with E-state index in [0.717, 1.165) is 11.8 Å². The van der Waals surface area contributed by atoms with Crippen molar-refractivity contribution >= 4 is 37.8 Å². The Bertz CT molecular complexity index is 97.0. The zero-order valence-electron chi connectivity index (χ0n) is 5.16. The van der Waals surface area contributed by atoms with E-state index in [-0.39, 0.29) is 10.7 Å². The lowest BCUT2D eigenvalue weighted by Crippen LogP contribution is -2.27. The van der Waals surface area contributed by atoms with Gasteiger partial charge in [-0.05, 0) is 6.42 Å². The first kappa shape index (κ1) is 9.43. The predicted octanol–water partition coefficient (Wildman–Crippen LogP) is 1.28. The summed E-state index contributed by atoms with van der Waals surface area (Å²) in [4.78, 5) is 10.7. The fourth-order valence-electron chi connectivity index (χ4n) is 0.384. The second-order valence-corrected chi connectivity index (χ2v) is 3.46. The molecule has 54 valence electrons. The van der Waals surface area contributed by atoms with Gasteiger partial charge in [0.2, 0.25) is 5.91 Å². The zero-order chi connectivity index (χ0) is 7.28. The summed E-state index contributed by atoms with van der Waals surface area (Å²) in [6.45, 7) is 0. The van der Waals surface area contributed by atoms with Crippen LogP contribution in [0.2, 0.25) is 0 Å². The van der Waals surface area contributed by atoms with Gasteiger partial charge < -0.3 is 5.32 Å². The van der Waals surface area contributed by atoms with Crippen molar-refractivity contribution in [2.45, 2.75) is 11.2 Å². The molecule has 0 aliphatic heterocycles. The van der Waals surface area contributed by atoms with Gasteiger partial charge in [0.15, 0.2) is 0 Å². The maximum atomic E-state index is 10.7. The van der Waals surface area contributed by atoms with E-state index >= 15 is 0 Å². The summed E-state index contributed by atoms with van der Waals surface area (Å²) < 4.78 is 0. The second-order valence-electron chi connectivity index (χ2n) is 1.56. The molecule has 2 nitrogen and oxygen atoms in total. The van der Waals surface area contributed by atoms with Crippen LogP contribution in [0, 0.1) is 0 Å². The normalized spacial score (nSPS) is 12.8. The van der Waals surface area contributed by atoms with Crippen LogP contribution >= 0.6 is 31.9 Å². The van der Waals surface area contributed by atoms with Gasteiger partial charge >= 0.3 is 0 Å². The Morgan fingerprint density at radius 3 is 2.67 bits per heavy atom. The van der Waals surface area contributed by atoms with Crippen LogP contribution in [0.3, 0.4) is 0 Å². The van der Waals surface area contributed by atoms with Crippen molar-refractivity contribution in [1.82, 2.24) is 5.32 Å².